The largest absolute Gasteiger partial charge is 0.378 e. The molecule has 5 rings (SSSR count). The lowest BCUT2D eigenvalue weighted by atomic mass is 10.1. The fourth-order valence-electron chi connectivity index (χ4n) is 4.51. The Kier molecular flexibility index (Phi) is 9.47. The number of thioether (sulfide) groups is 1. The summed E-state index contributed by atoms with van der Waals surface area (Å²) in [5, 5.41) is 5.53. The Labute approximate surface area is 264 Å². The van der Waals surface area contributed by atoms with Gasteiger partial charge in [-0.15, -0.1) is 11.8 Å². The van der Waals surface area contributed by atoms with E-state index in [1.165, 1.54) is 16.7 Å². The molecule has 1 atom stereocenters. The topological polar surface area (TPSA) is 98.8 Å². The zero-order valence-corrected chi connectivity index (χ0v) is 25.6. The summed E-state index contributed by atoms with van der Waals surface area (Å²) in [7, 11) is 3.88. The van der Waals surface area contributed by atoms with Crippen LogP contribution in [0.15, 0.2) is 114 Å². The first-order chi connectivity index (χ1) is 21.2. The number of carbonyl (C=O) groups is 4. The molecule has 0 aliphatic carbocycles. The summed E-state index contributed by atoms with van der Waals surface area (Å²) in [6.07, 6.45) is 1.70. The van der Waals surface area contributed by atoms with Gasteiger partial charge in [0.2, 0.25) is 11.8 Å². The SMILES string of the molecule is CN(C)c1ccc(/C=C(\NC(=O)c2ccccc2)C(=O)Nc2ccc(SC3CC(=O)N(c4ccc(Cl)cc4)C3=O)cc2)cc1. The van der Waals surface area contributed by atoms with Crippen LogP contribution in [0.25, 0.3) is 6.08 Å². The third kappa shape index (κ3) is 7.37. The highest BCUT2D eigenvalue weighted by Crippen LogP contribution is 2.34. The fraction of sp³-hybridized carbons (Fsp3) is 0.118. The standard InChI is InChI=1S/C34H29ClN4O4S/c1-38(2)26-14-8-22(9-15-26)20-29(37-32(41)23-6-4-3-5-7-23)33(42)36-25-12-18-28(19-13-25)44-30-21-31(40)39(34(30)43)27-16-10-24(35)11-17-27/h3-20,30H,21H2,1-2H3,(H,36,42)(H,37,41)/b29-20-. The molecule has 1 saturated heterocycles. The van der Waals surface area contributed by atoms with Gasteiger partial charge in [-0.3, -0.25) is 19.2 Å². The van der Waals surface area contributed by atoms with E-state index in [1.54, 1.807) is 78.9 Å². The summed E-state index contributed by atoms with van der Waals surface area (Å²) in [5.74, 6) is -1.47. The molecule has 0 aromatic heterocycles. The zero-order chi connectivity index (χ0) is 31.2. The van der Waals surface area contributed by atoms with E-state index in [-0.39, 0.29) is 23.9 Å². The fourth-order valence-corrected chi connectivity index (χ4v) is 5.69. The Bertz CT molecular complexity index is 1710. The summed E-state index contributed by atoms with van der Waals surface area (Å²) in [6, 6.07) is 29.8. The van der Waals surface area contributed by atoms with Gasteiger partial charge in [0.25, 0.3) is 11.8 Å². The molecule has 2 N–H and O–H groups in total. The molecule has 10 heteroatoms. The van der Waals surface area contributed by atoms with Crippen molar-refractivity contribution in [3.8, 4) is 0 Å². The third-order valence-corrected chi connectivity index (χ3v) is 8.28. The number of rotatable bonds is 9. The van der Waals surface area contributed by atoms with E-state index in [1.807, 2.05) is 49.3 Å². The summed E-state index contributed by atoms with van der Waals surface area (Å²) in [6.45, 7) is 0. The van der Waals surface area contributed by atoms with Crippen LogP contribution in [0.3, 0.4) is 0 Å². The van der Waals surface area contributed by atoms with Gasteiger partial charge in [-0.05, 0) is 84.4 Å². The molecule has 4 aromatic rings. The monoisotopic (exact) mass is 624 g/mol. The lowest BCUT2D eigenvalue weighted by Gasteiger charge is -2.15. The number of hydrogen-bond donors (Lipinski definition) is 2. The van der Waals surface area contributed by atoms with Gasteiger partial charge < -0.3 is 15.5 Å². The molecule has 44 heavy (non-hydrogen) atoms. The summed E-state index contributed by atoms with van der Waals surface area (Å²) < 4.78 is 0. The molecule has 0 saturated carbocycles. The Hall–Kier alpha value is -4.86. The van der Waals surface area contributed by atoms with Crippen molar-refractivity contribution in [2.45, 2.75) is 16.6 Å². The second-order valence-corrected chi connectivity index (χ2v) is 11.9. The molecule has 4 aromatic carbocycles. The highest BCUT2D eigenvalue weighted by Gasteiger charge is 2.40. The van der Waals surface area contributed by atoms with Crippen LogP contribution in [-0.4, -0.2) is 43.0 Å². The lowest BCUT2D eigenvalue weighted by Crippen LogP contribution is -2.31. The minimum absolute atomic E-state index is 0.0762. The lowest BCUT2D eigenvalue weighted by molar-refractivity contribution is -0.121. The number of nitrogens with zero attached hydrogens (tertiary/aromatic N) is 2. The van der Waals surface area contributed by atoms with Crippen LogP contribution in [0.1, 0.15) is 22.3 Å². The van der Waals surface area contributed by atoms with Crippen LogP contribution < -0.4 is 20.4 Å². The summed E-state index contributed by atoms with van der Waals surface area (Å²) >= 11 is 7.23. The third-order valence-electron chi connectivity index (χ3n) is 6.83. The van der Waals surface area contributed by atoms with Gasteiger partial charge in [0.1, 0.15) is 5.70 Å². The van der Waals surface area contributed by atoms with Crippen LogP contribution in [0.2, 0.25) is 5.02 Å². The first kappa shape index (κ1) is 30.6. The first-order valence-electron chi connectivity index (χ1n) is 13.7. The van der Waals surface area contributed by atoms with E-state index in [0.29, 0.717) is 22.0 Å². The van der Waals surface area contributed by atoms with E-state index in [2.05, 4.69) is 10.6 Å². The van der Waals surface area contributed by atoms with Gasteiger partial charge in [0, 0.05) is 47.4 Å². The smallest absolute Gasteiger partial charge is 0.272 e. The quantitative estimate of drug-likeness (QED) is 0.169. The van der Waals surface area contributed by atoms with Crippen molar-refractivity contribution in [3.05, 3.63) is 125 Å². The van der Waals surface area contributed by atoms with Crippen LogP contribution >= 0.6 is 23.4 Å². The van der Waals surface area contributed by atoms with Crippen molar-refractivity contribution >= 4 is 70.1 Å². The Morgan fingerprint density at radius 2 is 1.55 bits per heavy atom. The van der Waals surface area contributed by atoms with E-state index in [9.17, 15) is 19.2 Å². The number of hydrogen-bond acceptors (Lipinski definition) is 6. The molecule has 4 amide bonds. The van der Waals surface area contributed by atoms with Crippen LogP contribution in [0, 0.1) is 0 Å². The molecular weight excluding hydrogens is 596 g/mol. The number of nitrogens with one attached hydrogen (secondary N) is 2. The molecule has 1 heterocycles. The highest BCUT2D eigenvalue weighted by atomic mass is 35.5. The molecule has 1 aliphatic rings. The molecule has 8 nitrogen and oxygen atoms in total. The van der Waals surface area contributed by atoms with Crippen LogP contribution in [-0.2, 0) is 14.4 Å². The van der Waals surface area contributed by atoms with Crippen molar-refractivity contribution in [2.24, 2.45) is 0 Å². The van der Waals surface area contributed by atoms with E-state index in [0.717, 1.165) is 16.1 Å². The van der Waals surface area contributed by atoms with Gasteiger partial charge >= 0.3 is 0 Å². The number of carbonyl (C=O) groups excluding carboxylic acids is 4. The van der Waals surface area contributed by atoms with Gasteiger partial charge in [0.15, 0.2) is 0 Å². The number of amides is 4. The number of anilines is 3. The second-order valence-electron chi connectivity index (χ2n) is 10.2. The van der Waals surface area contributed by atoms with Crippen molar-refractivity contribution in [3.63, 3.8) is 0 Å². The minimum Gasteiger partial charge on any atom is -0.378 e. The van der Waals surface area contributed by atoms with E-state index in [4.69, 9.17) is 11.6 Å². The molecule has 1 aliphatic heterocycles. The van der Waals surface area contributed by atoms with Crippen molar-refractivity contribution < 1.29 is 19.2 Å². The van der Waals surface area contributed by atoms with Gasteiger partial charge in [-0.25, -0.2) is 4.90 Å². The maximum absolute atomic E-state index is 13.4. The van der Waals surface area contributed by atoms with Crippen LogP contribution in [0.4, 0.5) is 17.1 Å². The molecule has 222 valence electrons. The Morgan fingerprint density at radius 1 is 0.886 bits per heavy atom. The Balaban J connectivity index is 1.28. The molecule has 1 unspecified atom stereocenters. The van der Waals surface area contributed by atoms with Crippen molar-refractivity contribution in [1.29, 1.82) is 0 Å². The molecule has 0 bridgehead atoms. The second kappa shape index (κ2) is 13.6. The average Bonchev–Trinajstić information content (AvgIpc) is 3.30. The molecule has 0 spiro atoms. The maximum atomic E-state index is 13.4. The Morgan fingerprint density at radius 3 is 2.18 bits per heavy atom. The van der Waals surface area contributed by atoms with Gasteiger partial charge in [0.05, 0.1) is 10.9 Å². The predicted octanol–water partition coefficient (Wildman–Crippen LogP) is 6.24. The number of halogens is 1. The zero-order valence-electron chi connectivity index (χ0n) is 24.0. The molecule has 1 fully saturated rings. The number of benzene rings is 4. The normalized spacial score (nSPS) is 14.8. The van der Waals surface area contributed by atoms with Crippen LogP contribution in [0.5, 0.6) is 0 Å². The minimum atomic E-state index is -0.569. The highest BCUT2D eigenvalue weighted by molar-refractivity contribution is 8.00. The summed E-state index contributed by atoms with van der Waals surface area (Å²) in [5.41, 5.74) is 3.23. The van der Waals surface area contributed by atoms with Gasteiger partial charge in [-0.2, -0.15) is 0 Å². The van der Waals surface area contributed by atoms with Crippen molar-refractivity contribution in [1.82, 2.24) is 5.32 Å². The van der Waals surface area contributed by atoms with Gasteiger partial charge in [-0.1, -0.05) is 41.9 Å². The molecular formula is C34H29ClN4O4S. The summed E-state index contributed by atoms with van der Waals surface area (Å²) in [4.78, 5) is 55.9. The number of imide groups is 1. The van der Waals surface area contributed by atoms with Crippen molar-refractivity contribution in [2.75, 3.05) is 29.2 Å². The average molecular weight is 625 g/mol. The molecule has 0 radical (unpaired) electrons. The first-order valence-corrected chi connectivity index (χ1v) is 15.0. The predicted molar refractivity (Wildman–Crippen MR) is 176 cm³/mol. The maximum Gasteiger partial charge on any atom is 0.272 e. The van der Waals surface area contributed by atoms with E-state index < -0.39 is 17.1 Å². The van der Waals surface area contributed by atoms with E-state index >= 15 is 0 Å².